The van der Waals surface area contributed by atoms with Crippen LogP contribution in [0.25, 0.3) is 11.3 Å². The quantitative estimate of drug-likeness (QED) is 0.828. The number of rotatable bonds is 4. The minimum atomic E-state index is 0.159. The Morgan fingerprint density at radius 1 is 1.00 bits per heavy atom. The lowest BCUT2D eigenvalue weighted by Gasteiger charge is -2.22. The molecule has 0 spiro atoms. The number of carbonyl (C=O) groups excluding carboxylic acids is 1. The molecule has 0 saturated carbocycles. The molecule has 1 N–H and O–H groups in total. The van der Waals surface area contributed by atoms with Crippen LogP contribution in [0.3, 0.4) is 0 Å². The fraction of sp³-hybridized carbons (Fsp3) is 0.375. The second kappa shape index (κ2) is 7.53. The molecule has 0 aromatic heterocycles. The Morgan fingerprint density at radius 2 is 1.86 bits per heavy atom. The number of Topliss-reactive ketones (excluding diaryl/α,β-unsaturated/α-hetero) is 1. The predicted molar refractivity (Wildman–Crippen MR) is 108 cm³/mol. The number of ether oxygens (including phenoxy) is 2. The molecule has 0 radical (unpaired) electrons. The van der Waals surface area contributed by atoms with Gasteiger partial charge >= 0.3 is 0 Å². The van der Waals surface area contributed by atoms with Gasteiger partial charge < -0.3 is 14.8 Å². The lowest BCUT2D eigenvalue weighted by Crippen LogP contribution is -2.27. The average molecular weight is 375 g/mol. The van der Waals surface area contributed by atoms with E-state index in [1.165, 1.54) is 11.1 Å². The molecule has 144 valence electrons. The Balaban J connectivity index is 1.34. The smallest absolute Gasteiger partial charge is 0.171 e. The third kappa shape index (κ3) is 3.27. The normalized spacial score (nSPS) is 21.5. The molecule has 1 aliphatic carbocycles. The van der Waals surface area contributed by atoms with Crippen LogP contribution < -0.4 is 5.32 Å². The maximum atomic E-state index is 12.6. The molecule has 4 nitrogen and oxygen atoms in total. The highest BCUT2D eigenvalue weighted by atomic mass is 16.5. The highest BCUT2D eigenvalue weighted by Gasteiger charge is 2.32. The molecule has 0 amide bonds. The fourth-order valence-electron chi connectivity index (χ4n) is 4.48. The van der Waals surface area contributed by atoms with Gasteiger partial charge in [0.15, 0.2) is 5.78 Å². The summed E-state index contributed by atoms with van der Waals surface area (Å²) in [5, 5.41) is 3.59. The van der Waals surface area contributed by atoms with E-state index in [0.29, 0.717) is 13.0 Å². The van der Waals surface area contributed by atoms with Crippen molar-refractivity contribution < 1.29 is 14.3 Å². The summed E-state index contributed by atoms with van der Waals surface area (Å²) < 4.78 is 11.4. The summed E-state index contributed by atoms with van der Waals surface area (Å²) in [6.45, 7) is 4.22. The summed E-state index contributed by atoms with van der Waals surface area (Å²) in [6.07, 6.45) is 2.77. The SMILES string of the molecule is O=C1Cc2ccccc2/C1=C1\OCc2cc(CNCC3CCOCC3)ccc21. The van der Waals surface area contributed by atoms with Gasteiger partial charge in [0.05, 0.1) is 5.57 Å². The van der Waals surface area contributed by atoms with E-state index in [0.717, 1.165) is 73.1 Å². The van der Waals surface area contributed by atoms with Crippen molar-refractivity contribution in [3.05, 3.63) is 70.3 Å². The van der Waals surface area contributed by atoms with Crippen LogP contribution in [-0.4, -0.2) is 25.5 Å². The number of hydrogen-bond donors (Lipinski definition) is 1. The topological polar surface area (TPSA) is 47.6 Å². The summed E-state index contributed by atoms with van der Waals surface area (Å²) in [5.74, 6) is 1.63. The Hall–Kier alpha value is -2.43. The van der Waals surface area contributed by atoms with Crippen LogP contribution in [-0.2, 0) is 33.8 Å². The molecule has 2 heterocycles. The highest BCUT2D eigenvalue weighted by Crippen LogP contribution is 2.40. The number of allylic oxidation sites excluding steroid dienone is 1. The molecule has 28 heavy (non-hydrogen) atoms. The van der Waals surface area contributed by atoms with Gasteiger partial charge in [0.1, 0.15) is 12.4 Å². The van der Waals surface area contributed by atoms with Crippen LogP contribution in [0.15, 0.2) is 42.5 Å². The van der Waals surface area contributed by atoms with Crippen LogP contribution in [0.5, 0.6) is 0 Å². The summed E-state index contributed by atoms with van der Waals surface area (Å²) in [6, 6.07) is 14.5. The lowest BCUT2D eigenvalue weighted by atomic mass is 9.98. The van der Waals surface area contributed by atoms with Crippen LogP contribution in [0.4, 0.5) is 0 Å². The molecule has 5 rings (SSSR count). The Morgan fingerprint density at radius 3 is 2.75 bits per heavy atom. The molecule has 1 saturated heterocycles. The molecule has 0 atom stereocenters. The van der Waals surface area contributed by atoms with E-state index in [-0.39, 0.29) is 5.78 Å². The first-order valence-electron chi connectivity index (χ1n) is 10.2. The summed E-state index contributed by atoms with van der Waals surface area (Å²) >= 11 is 0. The van der Waals surface area contributed by atoms with Crippen LogP contribution >= 0.6 is 0 Å². The number of ketones is 1. The summed E-state index contributed by atoms with van der Waals surface area (Å²) in [7, 11) is 0. The van der Waals surface area contributed by atoms with Crippen molar-refractivity contribution in [3.63, 3.8) is 0 Å². The number of fused-ring (bicyclic) bond motifs is 2. The Bertz CT molecular complexity index is 941. The van der Waals surface area contributed by atoms with E-state index in [1.54, 1.807) is 0 Å². The molecule has 3 aliphatic rings. The van der Waals surface area contributed by atoms with E-state index < -0.39 is 0 Å². The van der Waals surface area contributed by atoms with Crippen molar-refractivity contribution in [2.75, 3.05) is 19.8 Å². The largest absolute Gasteiger partial charge is 0.487 e. The van der Waals surface area contributed by atoms with Crippen LogP contribution in [0.1, 0.15) is 40.7 Å². The second-order valence-corrected chi connectivity index (χ2v) is 7.93. The maximum absolute atomic E-state index is 12.6. The monoisotopic (exact) mass is 375 g/mol. The molecular weight excluding hydrogens is 350 g/mol. The Kier molecular flexibility index (Phi) is 4.75. The average Bonchev–Trinajstić information content (AvgIpc) is 3.28. The fourth-order valence-corrected chi connectivity index (χ4v) is 4.48. The molecule has 0 bridgehead atoms. The van der Waals surface area contributed by atoms with Gasteiger partial charge in [0, 0.05) is 37.3 Å². The van der Waals surface area contributed by atoms with Gasteiger partial charge in [0.25, 0.3) is 0 Å². The maximum Gasteiger partial charge on any atom is 0.171 e. The first-order valence-corrected chi connectivity index (χ1v) is 10.2. The summed E-state index contributed by atoms with van der Waals surface area (Å²) in [5.41, 5.74) is 6.37. The van der Waals surface area contributed by atoms with Crippen molar-refractivity contribution in [1.29, 1.82) is 0 Å². The molecule has 2 aromatic rings. The van der Waals surface area contributed by atoms with Crippen molar-refractivity contribution in [1.82, 2.24) is 5.32 Å². The molecular formula is C24H25NO3. The number of carbonyl (C=O) groups is 1. The molecule has 0 unspecified atom stereocenters. The lowest BCUT2D eigenvalue weighted by molar-refractivity contribution is -0.112. The Labute approximate surface area is 165 Å². The first-order chi connectivity index (χ1) is 13.8. The number of nitrogens with one attached hydrogen (secondary N) is 1. The molecule has 1 fully saturated rings. The van der Waals surface area contributed by atoms with Crippen LogP contribution in [0.2, 0.25) is 0 Å². The van der Waals surface area contributed by atoms with E-state index in [1.807, 2.05) is 24.3 Å². The van der Waals surface area contributed by atoms with E-state index >= 15 is 0 Å². The minimum Gasteiger partial charge on any atom is -0.487 e. The zero-order valence-electron chi connectivity index (χ0n) is 16.0. The van der Waals surface area contributed by atoms with Crippen molar-refractivity contribution in [2.24, 2.45) is 5.92 Å². The molecule has 2 aromatic carbocycles. The first kappa shape index (κ1) is 17.7. The number of hydrogen-bond acceptors (Lipinski definition) is 4. The van der Waals surface area contributed by atoms with Gasteiger partial charge in [0.2, 0.25) is 0 Å². The minimum absolute atomic E-state index is 0.159. The predicted octanol–water partition coefficient (Wildman–Crippen LogP) is 3.73. The van der Waals surface area contributed by atoms with Gasteiger partial charge in [-0.2, -0.15) is 0 Å². The molecule has 2 aliphatic heterocycles. The third-order valence-corrected chi connectivity index (χ3v) is 6.03. The second-order valence-electron chi connectivity index (χ2n) is 7.93. The van der Waals surface area contributed by atoms with Gasteiger partial charge in [-0.1, -0.05) is 42.5 Å². The van der Waals surface area contributed by atoms with E-state index in [4.69, 9.17) is 9.47 Å². The van der Waals surface area contributed by atoms with Gasteiger partial charge in [-0.25, -0.2) is 0 Å². The number of benzene rings is 2. The van der Waals surface area contributed by atoms with E-state index in [9.17, 15) is 4.79 Å². The van der Waals surface area contributed by atoms with Crippen LogP contribution in [0, 0.1) is 5.92 Å². The zero-order chi connectivity index (χ0) is 18.9. The summed E-state index contributed by atoms with van der Waals surface area (Å²) in [4.78, 5) is 12.6. The third-order valence-electron chi connectivity index (χ3n) is 6.03. The van der Waals surface area contributed by atoms with Crippen molar-refractivity contribution in [2.45, 2.75) is 32.4 Å². The van der Waals surface area contributed by atoms with Crippen molar-refractivity contribution >= 4 is 17.1 Å². The van der Waals surface area contributed by atoms with Crippen molar-refractivity contribution in [3.8, 4) is 0 Å². The molecule has 4 heteroatoms. The zero-order valence-corrected chi connectivity index (χ0v) is 16.0. The van der Waals surface area contributed by atoms with E-state index in [2.05, 4.69) is 23.5 Å². The van der Waals surface area contributed by atoms with Gasteiger partial charge in [-0.05, 0) is 42.0 Å². The van der Waals surface area contributed by atoms with Gasteiger partial charge in [-0.15, -0.1) is 0 Å². The van der Waals surface area contributed by atoms with Gasteiger partial charge in [-0.3, -0.25) is 4.79 Å². The highest BCUT2D eigenvalue weighted by molar-refractivity contribution is 6.31. The standard InChI is InChI=1S/C24H25NO3/c26-22-12-18-3-1-2-4-20(18)23(22)24-21-6-5-17(11-19(21)15-28-24)14-25-13-16-7-9-27-10-8-16/h1-6,11,16,25H,7-10,12-15H2/b24-23+.